The van der Waals surface area contributed by atoms with Crippen molar-refractivity contribution in [2.24, 2.45) is 0 Å². The molecule has 0 spiro atoms. The third-order valence-electron chi connectivity index (χ3n) is 5.72. The van der Waals surface area contributed by atoms with Crippen LogP contribution in [0.3, 0.4) is 0 Å². The van der Waals surface area contributed by atoms with Gasteiger partial charge in [-0.1, -0.05) is 97.8 Å². The average molecular weight is 396 g/mol. The van der Waals surface area contributed by atoms with Crippen molar-refractivity contribution < 1.29 is 9.22 Å². The lowest BCUT2D eigenvalue weighted by atomic mass is 10.0. The molecule has 158 valence electrons. The summed E-state index contributed by atoms with van der Waals surface area (Å²) in [6.45, 7) is 13.5. The van der Waals surface area contributed by atoms with E-state index in [1.807, 2.05) is 0 Å². The first-order chi connectivity index (χ1) is 12.7. The summed E-state index contributed by atoms with van der Waals surface area (Å²) < 4.78 is 6.40. The van der Waals surface area contributed by atoms with Gasteiger partial charge < -0.3 is 9.74 Å². The van der Waals surface area contributed by atoms with Crippen LogP contribution in [-0.4, -0.2) is 26.9 Å². The number of hydrogen-bond acceptors (Lipinski definition) is 2. The van der Waals surface area contributed by atoms with Crippen LogP contribution in [0.4, 0.5) is 0 Å². The van der Waals surface area contributed by atoms with E-state index in [2.05, 4.69) is 52.0 Å². The summed E-state index contributed by atoms with van der Waals surface area (Å²) in [6, 6.07) is 0. The smallest absolute Gasteiger partial charge is 0.248 e. The Balaban J connectivity index is 4.26. The maximum Gasteiger partial charge on any atom is 0.248 e. The van der Waals surface area contributed by atoms with Gasteiger partial charge in [0.1, 0.15) is 6.10 Å². The highest BCUT2D eigenvalue weighted by Crippen LogP contribution is 2.37. The van der Waals surface area contributed by atoms with Crippen molar-refractivity contribution in [2.45, 2.75) is 123 Å². The van der Waals surface area contributed by atoms with Crippen molar-refractivity contribution in [1.29, 1.82) is 0 Å². The molecule has 0 aliphatic rings. The van der Waals surface area contributed by atoms with E-state index in [4.69, 9.17) is 10.8 Å². The lowest BCUT2D eigenvalue weighted by molar-refractivity contribution is -0.128. The highest BCUT2D eigenvalue weighted by molar-refractivity contribution is 6.74. The van der Waals surface area contributed by atoms with Crippen molar-refractivity contribution in [3.8, 4) is 12.3 Å². The summed E-state index contributed by atoms with van der Waals surface area (Å²) >= 11 is 0. The van der Waals surface area contributed by atoms with Crippen LogP contribution < -0.4 is 5.32 Å². The Kier molecular flexibility index (Phi) is 13.8. The third kappa shape index (κ3) is 12.3. The van der Waals surface area contributed by atoms with Crippen LogP contribution in [0, 0.1) is 12.3 Å². The van der Waals surface area contributed by atoms with E-state index >= 15 is 0 Å². The van der Waals surface area contributed by atoms with E-state index in [-0.39, 0.29) is 23.6 Å². The van der Waals surface area contributed by atoms with Gasteiger partial charge in [-0.15, -0.1) is 6.42 Å². The minimum atomic E-state index is -1.98. The Morgan fingerprint density at radius 3 is 1.93 bits per heavy atom. The Bertz CT molecular complexity index is 435. The molecule has 0 aliphatic heterocycles. The van der Waals surface area contributed by atoms with E-state index in [0.29, 0.717) is 0 Å². The van der Waals surface area contributed by atoms with Gasteiger partial charge >= 0.3 is 0 Å². The van der Waals surface area contributed by atoms with Gasteiger partial charge in [0.2, 0.25) is 5.91 Å². The second kappa shape index (κ2) is 14.2. The number of amides is 1. The van der Waals surface area contributed by atoms with E-state index in [1.54, 1.807) is 0 Å². The molecular weight excluding hydrogens is 350 g/mol. The summed E-state index contributed by atoms with van der Waals surface area (Å²) in [6.07, 6.45) is 18.6. The molecule has 1 amide bonds. The fourth-order valence-electron chi connectivity index (χ4n) is 2.85. The van der Waals surface area contributed by atoms with Crippen LogP contribution >= 0.6 is 0 Å². The van der Waals surface area contributed by atoms with Gasteiger partial charge in [0.05, 0.1) is 6.54 Å². The van der Waals surface area contributed by atoms with Gasteiger partial charge in [-0.05, 0) is 24.6 Å². The van der Waals surface area contributed by atoms with Crippen molar-refractivity contribution in [3.05, 3.63) is 0 Å². The van der Waals surface area contributed by atoms with Gasteiger partial charge in [0, 0.05) is 0 Å². The lowest BCUT2D eigenvalue weighted by Gasteiger charge is -2.38. The number of unbranched alkanes of at least 4 members (excludes halogenated alkanes) is 9. The van der Waals surface area contributed by atoms with Crippen molar-refractivity contribution in [1.82, 2.24) is 5.32 Å². The zero-order valence-corrected chi connectivity index (χ0v) is 20.0. The molecule has 0 saturated heterocycles. The van der Waals surface area contributed by atoms with Crippen molar-refractivity contribution in [3.63, 3.8) is 0 Å². The van der Waals surface area contributed by atoms with Gasteiger partial charge in [-0.2, -0.15) is 0 Å². The summed E-state index contributed by atoms with van der Waals surface area (Å²) in [4.78, 5) is 12.5. The number of nitrogens with one attached hydrogen (secondary N) is 1. The predicted octanol–water partition coefficient (Wildman–Crippen LogP) is 6.44. The zero-order chi connectivity index (χ0) is 20.8. The molecule has 3 nitrogen and oxygen atoms in total. The number of hydrogen-bond donors (Lipinski definition) is 1. The highest BCUT2D eigenvalue weighted by Gasteiger charge is 2.40. The van der Waals surface area contributed by atoms with Crippen LogP contribution in [0.5, 0.6) is 0 Å². The molecule has 0 unspecified atom stereocenters. The summed E-state index contributed by atoms with van der Waals surface area (Å²) in [5, 5.41) is 2.91. The van der Waals surface area contributed by atoms with Crippen molar-refractivity contribution in [2.75, 3.05) is 6.54 Å². The summed E-state index contributed by atoms with van der Waals surface area (Å²) in [5.41, 5.74) is 0. The SMILES string of the molecule is C#CCNC(=O)[C@@H](CCCCCCCCCCCC)O[Si](C)(C)C(C)(C)C. The molecule has 4 heteroatoms. The second-order valence-corrected chi connectivity index (χ2v) is 14.0. The topological polar surface area (TPSA) is 38.3 Å². The molecule has 1 atom stereocenters. The average Bonchev–Trinajstić information content (AvgIpc) is 2.59. The third-order valence-corrected chi connectivity index (χ3v) is 10.2. The molecule has 0 saturated carbocycles. The van der Waals surface area contributed by atoms with E-state index in [9.17, 15) is 4.79 Å². The van der Waals surface area contributed by atoms with Gasteiger partial charge in [-0.3, -0.25) is 4.79 Å². The molecule has 0 heterocycles. The molecule has 0 fully saturated rings. The number of carbonyl (C=O) groups excluding carboxylic acids is 1. The van der Waals surface area contributed by atoms with Gasteiger partial charge in [0.25, 0.3) is 0 Å². The Morgan fingerprint density at radius 2 is 1.48 bits per heavy atom. The molecule has 27 heavy (non-hydrogen) atoms. The highest BCUT2D eigenvalue weighted by atomic mass is 28.4. The normalized spacial score (nSPS) is 13.2. The minimum absolute atomic E-state index is 0.0475. The maximum absolute atomic E-state index is 12.5. The fourth-order valence-corrected chi connectivity index (χ4v) is 4.13. The molecule has 0 rings (SSSR count). The van der Waals surface area contributed by atoms with E-state index in [0.717, 1.165) is 12.8 Å². The molecule has 1 N–H and O–H groups in total. The van der Waals surface area contributed by atoms with Crippen molar-refractivity contribution >= 4 is 14.2 Å². The van der Waals surface area contributed by atoms with E-state index in [1.165, 1.54) is 57.8 Å². The first-order valence-electron chi connectivity index (χ1n) is 11.0. The number of carbonyl (C=O) groups is 1. The van der Waals surface area contributed by atoms with Gasteiger partial charge in [-0.25, -0.2) is 0 Å². The van der Waals surface area contributed by atoms with Crippen LogP contribution in [0.2, 0.25) is 18.1 Å². The zero-order valence-electron chi connectivity index (χ0n) is 19.0. The largest absolute Gasteiger partial charge is 0.405 e. The van der Waals surface area contributed by atoms with E-state index < -0.39 is 8.32 Å². The Hall–Kier alpha value is -0.793. The Labute approximate surface area is 170 Å². The molecule has 0 aliphatic carbocycles. The summed E-state index contributed by atoms with van der Waals surface area (Å²) in [7, 11) is -1.98. The molecule has 0 bridgehead atoms. The molecular formula is C23H45NO2Si. The fraction of sp³-hybridized carbons (Fsp3) is 0.870. The standard InChI is InChI=1S/C23H45NO2Si/c1-8-10-11-12-13-14-15-16-17-18-19-21(22(25)24-20-9-2)26-27(6,7)23(3,4)5/h2,21H,8,10-20H2,1,3-7H3,(H,24,25)/t21-/m1/s1. The second-order valence-electron chi connectivity index (χ2n) is 9.26. The summed E-state index contributed by atoms with van der Waals surface area (Å²) in [5.74, 6) is 2.43. The molecule has 0 aromatic heterocycles. The van der Waals surface area contributed by atoms with Crippen LogP contribution in [0.1, 0.15) is 98.3 Å². The molecule has 0 aromatic rings. The molecule has 0 aromatic carbocycles. The van der Waals surface area contributed by atoms with Gasteiger partial charge in [0.15, 0.2) is 8.32 Å². The lowest BCUT2D eigenvalue weighted by Crippen LogP contribution is -2.48. The van der Waals surface area contributed by atoms with Crippen LogP contribution in [0.15, 0.2) is 0 Å². The minimum Gasteiger partial charge on any atom is -0.405 e. The Morgan fingerprint density at radius 1 is 1.00 bits per heavy atom. The number of terminal acetylenes is 1. The maximum atomic E-state index is 12.5. The predicted molar refractivity (Wildman–Crippen MR) is 120 cm³/mol. The monoisotopic (exact) mass is 395 g/mol. The molecule has 0 radical (unpaired) electrons. The number of rotatable bonds is 15. The first-order valence-corrected chi connectivity index (χ1v) is 14.0. The quantitative estimate of drug-likeness (QED) is 0.197. The first kappa shape index (κ1) is 26.2. The van der Waals surface area contributed by atoms with Crippen LogP contribution in [-0.2, 0) is 9.22 Å². The van der Waals surface area contributed by atoms with Crippen LogP contribution in [0.25, 0.3) is 0 Å².